The molecule has 0 spiro atoms. The smallest absolute Gasteiger partial charge is 0.0746 e. The molecule has 0 amide bonds. The maximum absolute atomic E-state index is 4.95. The minimum absolute atomic E-state index is 0.273. The third-order valence-electron chi connectivity index (χ3n) is 2.46. The molecule has 0 radical (unpaired) electrons. The van der Waals surface area contributed by atoms with Crippen LogP contribution in [0.3, 0.4) is 0 Å². The second-order valence-corrected chi connectivity index (χ2v) is 3.31. The number of aromatic nitrogens is 1. The van der Waals surface area contributed by atoms with E-state index in [0.717, 1.165) is 18.5 Å². The Hall–Kier alpha value is -0.930. The Morgan fingerprint density at radius 3 is 3.38 bits per heavy atom. The molecule has 0 aliphatic heterocycles. The molecule has 1 aromatic rings. The zero-order valence-corrected chi connectivity index (χ0v) is 7.79. The summed E-state index contributed by atoms with van der Waals surface area (Å²) in [5.74, 6) is 0. The van der Waals surface area contributed by atoms with Crippen LogP contribution in [0.2, 0.25) is 0 Å². The van der Waals surface area contributed by atoms with Crippen LogP contribution in [0, 0.1) is 0 Å². The molecular formula is C10H14N2O. The summed E-state index contributed by atoms with van der Waals surface area (Å²) in [6, 6.07) is 4.41. The van der Waals surface area contributed by atoms with Crippen LogP contribution >= 0.6 is 0 Å². The molecule has 0 unspecified atom stereocenters. The first-order valence-electron chi connectivity index (χ1n) is 4.64. The van der Waals surface area contributed by atoms with Crippen molar-refractivity contribution in [2.75, 3.05) is 7.11 Å². The number of nitrogens with zero attached hydrogens (tertiary/aromatic N) is 1. The highest BCUT2D eigenvalue weighted by atomic mass is 16.6. The summed E-state index contributed by atoms with van der Waals surface area (Å²) in [7, 11) is 1.65. The molecule has 2 rings (SSSR count). The SMILES string of the molecule is CON[C@H]1CCCc2cccnc21. The Morgan fingerprint density at radius 2 is 2.54 bits per heavy atom. The Kier molecular flexibility index (Phi) is 2.57. The number of nitrogens with one attached hydrogen (secondary N) is 1. The van der Waals surface area contributed by atoms with E-state index in [1.807, 2.05) is 12.3 Å². The molecule has 3 heteroatoms. The average Bonchev–Trinajstić information content (AvgIpc) is 2.19. The fraction of sp³-hybridized carbons (Fsp3) is 0.500. The molecule has 0 aromatic carbocycles. The molecule has 1 aromatic heterocycles. The van der Waals surface area contributed by atoms with Crippen molar-refractivity contribution in [2.45, 2.75) is 25.3 Å². The number of hydroxylamine groups is 1. The normalized spacial score (nSPS) is 21.2. The van der Waals surface area contributed by atoms with Gasteiger partial charge in [0.05, 0.1) is 18.8 Å². The summed E-state index contributed by atoms with van der Waals surface area (Å²) >= 11 is 0. The molecule has 0 saturated heterocycles. The second-order valence-electron chi connectivity index (χ2n) is 3.31. The number of pyridine rings is 1. The molecule has 3 nitrogen and oxygen atoms in total. The molecule has 1 atom stereocenters. The van der Waals surface area contributed by atoms with Crippen molar-refractivity contribution < 1.29 is 4.84 Å². The van der Waals surface area contributed by atoms with Gasteiger partial charge in [0.15, 0.2) is 0 Å². The Morgan fingerprint density at radius 1 is 1.62 bits per heavy atom. The van der Waals surface area contributed by atoms with Crippen LogP contribution in [0.25, 0.3) is 0 Å². The number of fused-ring (bicyclic) bond motifs is 1. The van der Waals surface area contributed by atoms with E-state index < -0.39 is 0 Å². The highest BCUT2D eigenvalue weighted by Crippen LogP contribution is 2.27. The van der Waals surface area contributed by atoms with Crippen LogP contribution in [0.15, 0.2) is 18.3 Å². The van der Waals surface area contributed by atoms with Gasteiger partial charge in [-0.05, 0) is 30.9 Å². The van der Waals surface area contributed by atoms with Crippen molar-refractivity contribution >= 4 is 0 Å². The van der Waals surface area contributed by atoms with E-state index in [2.05, 4.69) is 16.5 Å². The minimum atomic E-state index is 0.273. The van der Waals surface area contributed by atoms with Gasteiger partial charge in [0.25, 0.3) is 0 Å². The van der Waals surface area contributed by atoms with E-state index in [-0.39, 0.29) is 6.04 Å². The summed E-state index contributed by atoms with van der Waals surface area (Å²) in [5, 5.41) is 0. The Balaban J connectivity index is 2.26. The van der Waals surface area contributed by atoms with Gasteiger partial charge in [0, 0.05) is 6.20 Å². The summed E-state index contributed by atoms with van der Waals surface area (Å²) in [6.45, 7) is 0. The minimum Gasteiger partial charge on any atom is -0.304 e. The van der Waals surface area contributed by atoms with Crippen molar-refractivity contribution in [3.63, 3.8) is 0 Å². The van der Waals surface area contributed by atoms with Gasteiger partial charge in [0.2, 0.25) is 0 Å². The summed E-state index contributed by atoms with van der Waals surface area (Å²) < 4.78 is 0. The number of hydrogen-bond acceptors (Lipinski definition) is 3. The molecule has 0 saturated carbocycles. The average molecular weight is 178 g/mol. The number of hydrogen-bond donors (Lipinski definition) is 1. The lowest BCUT2D eigenvalue weighted by molar-refractivity contribution is 0.0537. The molecule has 70 valence electrons. The van der Waals surface area contributed by atoms with Crippen molar-refractivity contribution in [3.8, 4) is 0 Å². The lowest BCUT2D eigenvalue weighted by Gasteiger charge is -2.23. The fourth-order valence-corrected chi connectivity index (χ4v) is 1.87. The van der Waals surface area contributed by atoms with E-state index in [0.29, 0.717) is 0 Å². The lowest BCUT2D eigenvalue weighted by Crippen LogP contribution is -2.25. The predicted octanol–water partition coefficient (Wildman–Crippen LogP) is 1.61. The summed E-state index contributed by atoms with van der Waals surface area (Å²) in [4.78, 5) is 9.32. The first kappa shape index (κ1) is 8.66. The second kappa shape index (κ2) is 3.85. The molecular weight excluding hydrogens is 164 g/mol. The van der Waals surface area contributed by atoms with Gasteiger partial charge >= 0.3 is 0 Å². The maximum Gasteiger partial charge on any atom is 0.0746 e. The van der Waals surface area contributed by atoms with Crippen molar-refractivity contribution in [1.29, 1.82) is 0 Å². The zero-order chi connectivity index (χ0) is 9.10. The van der Waals surface area contributed by atoms with E-state index in [9.17, 15) is 0 Å². The summed E-state index contributed by atoms with van der Waals surface area (Å²) in [5.41, 5.74) is 5.48. The van der Waals surface area contributed by atoms with Gasteiger partial charge in [-0.1, -0.05) is 6.07 Å². The molecule has 1 aliphatic rings. The van der Waals surface area contributed by atoms with Crippen LogP contribution in [-0.4, -0.2) is 12.1 Å². The molecule has 1 aliphatic carbocycles. The largest absolute Gasteiger partial charge is 0.304 e. The first-order chi connectivity index (χ1) is 6.42. The van der Waals surface area contributed by atoms with Crippen molar-refractivity contribution in [3.05, 3.63) is 29.6 Å². The topological polar surface area (TPSA) is 34.1 Å². The van der Waals surface area contributed by atoms with Crippen LogP contribution < -0.4 is 5.48 Å². The Bertz CT molecular complexity index is 288. The standard InChI is InChI=1S/C10H14N2O/c1-13-12-9-6-2-4-8-5-3-7-11-10(8)9/h3,5,7,9,12H,2,4,6H2,1H3/t9-/m0/s1. The third-order valence-corrected chi connectivity index (χ3v) is 2.46. The number of aryl methyl sites for hydroxylation is 1. The van der Waals surface area contributed by atoms with E-state index in [1.54, 1.807) is 7.11 Å². The predicted molar refractivity (Wildman–Crippen MR) is 50.1 cm³/mol. The first-order valence-corrected chi connectivity index (χ1v) is 4.64. The van der Waals surface area contributed by atoms with Crippen LogP contribution in [0.5, 0.6) is 0 Å². The molecule has 1 heterocycles. The van der Waals surface area contributed by atoms with Gasteiger partial charge in [-0.2, -0.15) is 5.48 Å². The Labute approximate surface area is 78.1 Å². The van der Waals surface area contributed by atoms with Gasteiger partial charge in [-0.15, -0.1) is 0 Å². The van der Waals surface area contributed by atoms with Crippen LogP contribution in [0.4, 0.5) is 0 Å². The number of rotatable bonds is 2. The van der Waals surface area contributed by atoms with Crippen LogP contribution in [-0.2, 0) is 11.3 Å². The quantitative estimate of drug-likeness (QED) is 0.699. The maximum atomic E-state index is 4.95. The lowest BCUT2D eigenvalue weighted by atomic mass is 9.92. The summed E-state index contributed by atoms with van der Waals surface area (Å²) in [6.07, 6.45) is 5.30. The van der Waals surface area contributed by atoms with Gasteiger partial charge < -0.3 is 4.84 Å². The van der Waals surface area contributed by atoms with Crippen molar-refractivity contribution in [2.24, 2.45) is 0 Å². The van der Waals surface area contributed by atoms with E-state index in [4.69, 9.17) is 4.84 Å². The molecule has 0 fully saturated rings. The van der Waals surface area contributed by atoms with E-state index in [1.165, 1.54) is 12.0 Å². The van der Waals surface area contributed by atoms with E-state index >= 15 is 0 Å². The monoisotopic (exact) mass is 178 g/mol. The molecule has 1 N–H and O–H groups in total. The molecule has 13 heavy (non-hydrogen) atoms. The van der Waals surface area contributed by atoms with Gasteiger partial charge in [0.1, 0.15) is 0 Å². The highest BCUT2D eigenvalue weighted by Gasteiger charge is 2.20. The van der Waals surface area contributed by atoms with Crippen molar-refractivity contribution in [1.82, 2.24) is 10.5 Å². The van der Waals surface area contributed by atoms with Gasteiger partial charge in [-0.3, -0.25) is 4.98 Å². The van der Waals surface area contributed by atoms with Gasteiger partial charge in [-0.25, -0.2) is 0 Å². The third kappa shape index (κ3) is 1.71. The molecule has 0 bridgehead atoms. The zero-order valence-electron chi connectivity index (χ0n) is 7.79. The van der Waals surface area contributed by atoms with Crippen LogP contribution in [0.1, 0.15) is 30.1 Å². The highest BCUT2D eigenvalue weighted by molar-refractivity contribution is 5.25. The fourth-order valence-electron chi connectivity index (χ4n) is 1.87.